The number of carboxylic acids is 1. The Balaban J connectivity index is 2.42. The van der Waals surface area contributed by atoms with Crippen molar-refractivity contribution >= 4 is 11.5 Å². The van der Waals surface area contributed by atoms with Crippen LogP contribution >= 0.6 is 0 Å². The van der Waals surface area contributed by atoms with Gasteiger partial charge in [-0.3, -0.25) is 4.40 Å². The van der Waals surface area contributed by atoms with Gasteiger partial charge >= 0.3 is 5.97 Å². The summed E-state index contributed by atoms with van der Waals surface area (Å²) < 4.78 is 7.08. The number of hydrogen-bond donors (Lipinski definition) is 1. The zero-order valence-corrected chi connectivity index (χ0v) is 9.62. The minimum atomic E-state index is -1.05. The summed E-state index contributed by atoms with van der Waals surface area (Å²) in [5.41, 5.74) is 1.50. The minimum absolute atomic E-state index is 0.0325. The van der Waals surface area contributed by atoms with Gasteiger partial charge in [-0.1, -0.05) is 6.07 Å². The third-order valence-electron chi connectivity index (χ3n) is 2.80. The molecule has 0 unspecified atom stereocenters. The second-order valence-electron chi connectivity index (χ2n) is 3.95. The lowest BCUT2D eigenvalue weighted by atomic mass is 10.3. The molecule has 3 rings (SSSR count). The summed E-state index contributed by atoms with van der Waals surface area (Å²) in [4.78, 5) is 15.4. The van der Waals surface area contributed by atoms with E-state index in [4.69, 9.17) is 4.42 Å². The van der Waals surface area contributed by atoms with E-state index in [-0.39, 0.29) is 5.69 Å². The van der Waals surface area contributed by atoms with E-state index in [1.165, 1.54) is 6.26 Å². The molecule has 0 aliphatic heterocycles. The highest BCUT2D eigenvalue weighted by Gasteiger charge is 2.19. The molecule has 0 aliphatic rings. The maximum Gasteiger partial charge on any atom is 0.356 e. The molecule has 0 saturated heterocycles. The van der Waals surface area contributed by atoms with Crippen molar-refractivity contribution < 1.29 is 14.3 Å². The Hall–Kier alpha value is -2.56. The van der Waals surface area contributed by atoms with Crippen LogP contribution in [0.25, 0.3) is 17.1 Å². The Morgan fingerprint density at radius 2 is 2.17 bits per heavy atom. The smallest absolute Gasteiger partial charge is 0.356 e. The average Bonchev–Trinajstić information content (AvgIpc) is 2.95. The summed E-state index contributed by atoms with van der Waals surface area (Å²) in [6, 6.07) is 8.94. The average molecular weight is 242 g/mol. The third kappa shape index (κ3) is 1.41. The van der Waals surface area contributed by atoms with Crippen LogP contribution in [0.5, 0.6) is 0 Å². The highest BCUT2D eigenvalue weighted by molar-refractivity contribution is 5.94. The molecule has 3 heterocycles. The monoisotopic (exact) mass is 242 g/mol. The molecule has 5 heteroatoms. The lowest BCUT2D eigenvalue weighted by Crippen LogP contribution is -1.97. The van der Waals surface area contributed by atoms with E-state index in [1.54, 1.807) is 22.6 Å². The lowest BCUT2D eigenvalue weighted by Gasteiger charge is -2.02. The first-order valence-corrected chi connectivity index (χ1v) is 5.43. The molecule has 0 saturated carbocycles. The molecule has 1 N–H and O–H groups in total. The van der Waals surface area contributed by atoms with Crippen LogP contribution in [-0.2, 0) is 0 Å². The van der Waals surface area contributed by atoms with Crippen molar-refractivity contribution in [3.05, 3.63) is 48.0 Å². The Morgan fingerprint density at radius 1 is 1.33 bits per heavy atom. The molecular weight excluding hydrogens is 232 g/mol. The van der Waals surface area contributed by atoms with Crippen molar-refractivity contribution in [3.8, 4) is 11.6 Å². The molecule has 3 aromatic rings. The Kier molecular flexibility index (Phi) is 2.19. The predicted molar refractivity (Wildman–Crippen MR) is 64.6 cm³/mol. The Bertz CT molecular complexity index is 726. The number of aromatic carboxylic acids is 1. The van der Waals surface area contributed by atoms with Crippen LogP contribution in [0.3, 0.4) is 0 Å². The van der Waals surface area contributed by atoms with Gasteiger partial charge in [0.15, 0.2) is 17.3 Å². The van der Waals surface area contributed by atoms with Gasteiger partial charge < -0.3 is 9.52 Å². The van der Waals surface area contributed by atoms with E-state index >= 15 is 0 Å². The summed E-state index contributed by atoms with van der Waals surface area (Å²) in [6.45, 7) is 1.90. The largest absolute Gasteiger partial charge is 0.476 e. The van der Waals surface area contributed by atoms with Gasteiger partial charge in [0, 0.05) is 5.69 Å². The fourth-order valence-corrected chi connectivity index (χ4v) is 2.03. The van der Waals surface area contributed by atoms with Crippen LogP contribution in [0.4, 0.5) is 0 Å². The first-order valence-electron chi connectivity index (χ1n) is 5.43. The van der Waals surface area contributed by atoms with E-state index < -0.39 is 5.97 Å². The normalized spacial score (nSPS) is 10.9. The molecule has 0 amide bonds. The fraction of sp³-hybridized carbons (Fsp3) is 0.0769. The van der Waals surface area contributed by atoms with Crippen LogP contribution in [0, 0.1) is 6.92 Å². The number of imidazole rings is 1. The summed E-state index contributed by atoms with van der Waals surface area (Å²) in [7, 11) is 0. The number of hydrogen-bond acceptors (Lipinski definition) is 3. The second-order valence-corrected chi connectivity index (χ2v) is 3.95. The van der Waals surface area contributed by atoms with Crippen LogP contribution in [0.2, 0.25) is 0 Å². The Labute approximate surface area is 102 Å². The maximum atomic E-state index is 11.2. The highest BCUT2D eigenvalue weighted by Crippen LogP contribution is 2.24. The predicted octanol–water partition coefficient (Wildman–Crippen LogP) is 2.60. The first-order chi connectivity index (χ1) is 8.68. The van der Waals surface area contributed by atoms with Gasteiger partial charge in [0.25, 0.3) is 0 Å². The molecule has 90 valence electrons. The van der Waals surface area contributed by atoms with Gasteiger partial charge in [0.2, 0.25) is 0 Å². The van der Waals surface area contributed by atoms with Crippen molar-refractivity contribution in [3.63, 3.8) is 0 Å². The molecule has 0 spiro atoms. The van der Waals surface area contributed by atoms with E-state index in [9.17, 15) is 9.90 Å². The zero-order chi connectivity index (χ0) is 12.7. The van der Waals surface area contributed by atoms with Crippen molar-refractivity contribution in [2.75, 3.05) is 0 Å². The SMILES string of the molecule is Cc1cccc2c(C(=O)O)nc(-c3ccco3)n12. The Morgan fingerprint density at radius 3 is 2.83 bits per heavy atom. The minimum Gasteiger partial charge on any atom is -0.476 e. The molecule has 0 fully saturated rings. The van der Waals surface area contributed by atoms with Gasteiger partial charge in [0.1, 0.15) is 0 Å². The number of aromatic nitrogens is 2. The number of fused-ring (bicyclic) bond motifs is 1. The van der Waals surface area contributed by atoms with Crippen LogP contribution in [0.1, 0.15) is 16.2 Å². The number of aryl methyl sites for hydroxylation is 1. The summed E-state index contributed by atoms with van der Waals surface area (Å²) >= 11 is 0. The molecule has 0 atom stereocenters. The van der Waals surface area contributed by atoms with Crippen LogP contribution in [0.15, 0.2) is 41.0 Å². The van der Waals surface area contributed by atoms with Crippen molar-refractivity contribution in [2.24, 2.45) is 0 Å². The van der Waals surface area contributed by atoms with Gasteiger partial charge in [-0.15, -0.1) is 0 Å². The van der Waals surface area contributed by atoms with Gasteiger partial charge in [0.05, 0.1) is 11.8 Å². The molecule has 5 nitrogen and oxygen atoms in total. The number of carbonyl (C=O) groups is 1. The summed E-state index contributed by atoms with van der Waals surface area (Å²) in [5.74, 6) is 0.00760. The summed E-state index contributed by atoms with van der Waals surface area (Å²) in [5, 5.41) is 9.18. The number of nitrogens with zero attached hydrogens (tertiary/aromatic N) is 2. The highest BCUT2D eigenvalue weighted by atomic mass is 16.4. The molecule has 0 aromatic carbocycles. The van der Waals surface area contributed by atoms with Crippen molar-refractivity contribution in [1.29, 1.82) is 0 Å². The molecule has 3 aromatic heterocycles. The third-order valence-corrected chi connectivity index (χ3v) is 2.80. The van der Waals surface area contributed by atoms with E-state index in [1.807, 2.05) is 19.1 Å². The van der Waals surface area contributed by atoms with Crippen molar-refractivity contribution in [1.82, 2.24) is 9.38 Å². The van der Waals surface area contributed by atoms with Gasteiger partial charge in [-0.2, -0.15) is 0 Å². The quantitative estimate of drug-likeness (QED) is 0.750. The number of pyridine rings is 1. The molecular formula is C13H10N2O3. The fourth-order valence-electron chi connectivity index (χ4n) is 2.03. The summed E-state index contributed by atoms with van der Waals surface area (Å²) in [6.07, 6.45) is 1.54. The number of carboxylic acid groups (broad SMARTS) is 1. The molecule has 18 heavy (non-hydrogen) atoms. The van der Waals surface area contributed by atoms with Crippen LogP contribution in [-0.4, -0.2) is 20.5 Å². The van der Waals surface area contributed by atoms with Gasteiger partial charge in [-0.05, 0) is 31.2 Å². The number of rotatable bonds is 2. The van der Waals surface area contributed by atoms with Gasteiger partial charge in [-0.25, -0.2) is 9.78 Å². The molecule has 0 aliphatic carbocycles. The topological polar surface area (TPSA) is 67.7 Å². The standard InChI is InChI=1S/C13H10N2O3/c1-8-4-2-5-9-11(13(16)17)14-12(15(8)9)10-6-3-7-18-10/h2-7H,1H3,(H,16,17). The van der Waals surface area contributed by atoms with E-state index in [0.717, 1.165) is 5.69 Å². The number of furan rings is 1. The molecule has 0 radical (unpaired) electrons. The zero-order valence-electron chi connectivity index (χ0n) is 9.62. The second kappa shape index (κ2) is 3.73. The van der Waals surface area contributed by atoms with Crippen molar-refractivity contribution in [2.45, 2.75) is 6.92 Å². The van der Waals surface area contributed by atoms with E-state index in [2.05, 4.69) is 4.98 Å². The molecule has 0 bridgehead atoms. The van der Waals surface area contributed by atoms with E-state index in [0.29, 0.717) is 17.1 Å². The van der Waals surface area contributed by atoms with Crippen LogP contribution < -0.4 is 0 Å². The lowest BCUT2D eigenvalue weighted by molar-refractivity contribution is 0.0693. The maximum absolute atomic E-state index is 11.2. The first kappa shape index (κ1) is 10.6.